The molecule has 46 heavy (non-hydrogen) atoms. The van der Waals surface area contributed by atoms with Gasteiger partial charge in [0, 0.05) is 44.2 Å². The average Bonchev–Trinajstić information content (AvgIpc) is 3.74. The van der Waals surface area contributed by atoms with Crippen molar-refractivity contribution in [1.29, 1.82) is 0 Å². The molecule has 0 bridgehead atoms. The van der Waals surface area contributed by atoms with Gasteiger partial charge in [0.25, 0.3) is 0 Å². The van der Waals surface area contributed by atoms with Crippen molar-refractivity contribution in [1.82, 2.24) is 19.9 Å². The van der Waals surface area contributed by atoms with Crippen LogP contribution in [0.1, 0.15) is 0 Å². The van der Waals surface area contributed by atoms with Crippen molar-refractivity contribution >= 4 is 33.0 Å². The topological polar surface area (TPSA) is 77.8 Å². The SMILES string of the molecule is c1ccc(-c2nc(-c3ccccc3)nc(-c3ccc4c(c3)oc3c(-c5cccc6oc(-c7ccccc7)nc56)cccc34)n2)cc1. The number of nitrogens with zero attached hydrogens (tertiary/aromatic N) is 4. The number of fused-ring (bicyclic) bond motifs is 4. The third kappa shape index (κ3) is 4.43. The summed E-state index contributed by atoms with van der Waals surface area (Å²) in [6.07, 6.45) is 0. The minimum absolute atomic E-state index is 0.580. The van der Waals surface area contributed by atoms with Gasteiger partial charge in [-0.15, -0.1) is 0 Å². The van der Waals surface area contributed by atoms with E-state index in [0.29, 0.717) is 23.4 Å². The molecular weight excluding hydrogens is 568 g/mol. The second-order valence-electron chi connectivity index (χ2n) is 11.1. The third-order valence-corrected chi connectivity index (χ3v) is 8.19. The average molecular weight is 593 g/mol. The number of oxazole rings is 1. The number of aromatic nitrogens is 4. The number of benzene rings is 6. The predicted octanol–water partition coefficient (Wildman–Crippen LogP) is 10.2. The summed E-state index contributed by atoms with van der Waals surface area (Å²) in [7, 11) is 0. The summed E-state index contributed by atoms with van der Waals surface area (Å²) in [5, 5.41) is 2.03. The van der Waals surface area contributed by atoms with Gasteiger partial charge in [0.05, 0.1) is 0 Å². The molecule has 9 rings (SSSR count). The van der Waals surface area contributed by atoms with Crippen LogP contribution in [-0.4, -0.2) is 19.9 Å². The fourth-order valence-electron chi connectivity index (χ4n) is 5.96. The first kappa shape index (κ1) is 26.0. The second kappa shape index (κ2) is 10.6. The molecule has 9 aromatic rings. The van der Waals surface area contributed by atoms with Crippen LogP contribution in [0.2, 0.25) is 0 Å². The summed E-state index contributed by atoms with van der Waals surface area (Å²) in [6, 6.07) is 48.3. The van der Waals surface area contributed by atoms with Crippen LogP contribution < -0.4 is 0 Å². The van der Waals surface area contributed by atoms with Gasteiger partial charge in [-0.05, 0) is 30.3 Å². The lowest BCUT2D eigenvalue weighted by molar-refractivity contribution is 0.620. The lowest BCUT2D eigenvalue weighted by Crippen LogP contribution is -2.00. The number of furan rings is 1. The highest BCUT2D eigenvalue weighted by atomic mass is 16.3. The molecule has 0 N–H and O–H groups in total. The third-order valence-electron chi connectivity index (χ3n) is 8.19. The van der Waals surface area contributed by atoms with E-state index in [0.717, 1.165) is 66.4 Å². The van der Waals surface area contributed by atoms with Gasteiger partial charge in [0.15, 0.2) is 23.1 Å². The molecule has 6 nitrogen and oxygen atoms in total. The maximum absolute atomic E-state index is 6.64. The molecule has 216 valence electrons. The molecule has 3 aromatic heterocycles. The first-order valence-electron chi connectivity index (χ1n) is 15.1. The van der Waals surface area contributed by atoms with E-state index in [1.165, 1.54) is 0 Å². The summed E-state index contributed by atoms with van der Waals surface area (Å²) in [4.78, 5) is 19.5. The quantitative estimate of drug-likeness (QED) is 0.198. The Morgan fingerprint density at radius 2 is 0.957 bits per heavy atom. The molecule has 3 heterocycles. The van der Waals surface area contributed by atoms with Crippen LogP contribution in [0.25, 0.3) is 89.8 Å². The first-order chi connectivity index (χ1) is 22.8. The van der Waals surface area contributed by atoms with Crippen LogP contribution in [-0.2, 0) is 0 Å². The molecule has 0 fully saturated rings. The Morgan fingerprint density at radius 3 is 1.63 bits per heavy atom. The highest BCUT2D eigenvalue weighted by Gasteiger charge is 2.19. The Morgan fingerprint density at radius 1 is 0.370 bits per heavy atom. The highest BCUT2D eigenvalue weighted by molar-refractivity contribution is 6.12. The standard InChI is InChI=1S/C40H24N4O2/c1-4-12-25(13-5-1)37-42-38(26-14-6-2-7-15-26)44-39(43-37)28-22-23-29-31-19-10-20-32(36(31)45-34(29)24-28)30-18-11-21-33-35(30)41-40(46-33)27-16-8-3-9-17-27/h1-24H. The Hall–Kier alpha value is -6.40. The molecule has 0 amide bonds. The van der Waals surface area contributed by atoms with Crippen molar-refractivity contribution in [2.24, 2.45) is 0 Å². The molecule has 0 aliphatic heterocycles. The minimum Gasteiger partial charge on any atom is -0.455 e. The monoisotopic (exact) mass is 592 g/mol. The Balaban J connectivity index is 1.19. The fraction of sp³-hybridized carbons (Fsp3) is 0. The van der Waals surface area contributed by atoms with Crippen molar-refractivity contribution < 1.29 is 8.83 Å². The zero-order chi connectivity index (χ0) is 30.5. The summed E-state index contributed by atoms with van der Waals surface area (Å²) in [6.45, 7) is 0. The normalized spacial score (nSPS) is 11.5. The van der Waals surface area contributed by atoms with Gasteiger partial charge in [0.2, 0.25) is 5.89 Å². The molecule has 0 spiro atoms. The van der Waals surface area contributed by atoms with E-state index in [-0.39, 0.29) is 0 Å². The van der Waals surface area contributed by atoms with Crippen molar-refractivity contribution in [3.63, 3.8) is 0 Å². The first-order valence-corrected chi connectivity index (χ1v) is 15.1. The predicted molar refractivity (Wildman–Crippen MR) is 182 cm³/mol. The number of para-hydroxylation sites is 2. The molecule has 0 aliphatic carbocycles. The molecular formula is C40H24N4O2. The summed E-state index contributed by atoms with van der Waals surface area (Å²) in [5.41, 5.74) is 8.59. The number of rotatable bonds is 5. The Bertz CT molecular complexity index is 2460. The van der Waals surface area contributed by atoms with Gasteiger partial charge in [-0.1, -0.05) is 115 Å². The Kier molecular flexibility index (Phi) is 6.03. The van der Waals surface area contributed by atoms with Crippen LogP contribution >= 0.6 is 0 Å². The summed E-state index contributed by atoms with van der Waals surface area (Å²) >= 11 is 0. The number of hydrogen-bond donors (Lipinski definition) is 0. The lowest BCUT2D eigenvalue weighted by Gasteiger charge is -2.08. The largest absolute Gasteiger partial charge is 0.455 e. The van der Waals surface area contributed by atoms with Crippen LogP contribution in [0.4, 0.5) is 0 Å². The van der Waals surface area contributed by atoms with E-state index in [2.05, 4.69) is 30.3 Å². The molecule has 0 saturated carbocycles. The second-order valence-corrected chi connectivity index (χ2v) is 11.1. The zero-order valence-corrected chi connectivity index (χ0v) is 24.5. The Labute approximate surface area is 263 Å². The maximum atomic E-state index is 6.64. The van der Waals surface area contributed by atoms with Crippen molar-refractivity contribution in [2.75, 3.05) is 0 Å². The molecule has 6 heteroatoms. The molecule has 0 unspecified atom stereocenters. The molecule has 6 aromatic carbocycles. The van der Waals surface area contributed by atoms with E-state index < -0.39 is 0 Å². The van der Waals surface area contributed by atoms with Gasteiger partial charge in [0.1, 0.15) is 16.7 Å². The highest BCUT2D eigenvalue weighted by Crippen LogP contribution is 2.40. The van der Waals surface area contributed by atoms with Gasteiger partial charge >= 0.3 is 0 Å². The smallest absolute Gasteiger partial charge is 0.227 e. The molecule has 0 radical (unpaired) electrons. The lowest BCUT2D eigenvalue weighted by atomic mass is 10.0. The molecule has 0 atom stereocenters. The van der Waals surface area contributed by atoms with E-state index in [1.807, 2.05) is 115 Å². The van der Waals surface area contributed by atoms with Gasteiger partial charge in [-0.25, -0.2) is 19.9 Å². The van der Waals surface area contributed by atoms with Crippen molar-refractivity contribution in [2.45, 2.75) is 0 Å². The zero-order valence-electron chi connectivity index (χ0n) is 24.5. The van der Waals surface area contributed by atoms with Crippen molar-refractivity contribution in [3.8, 4) is 56.7 Å². The van der Waals surface area contributed by atoms with E-state index in [9.17, 15) is 0 Å². The maximum Gasteiger partial charge on any atom is 0.227 e. The molecule has 0 aliphatic rings. The van der Waals surface area contributed by atoms with Gasteiger partial charge in [-0.2, -0.15) is 0 Å². The van der Waals surface area contributed by atoms with E-state index in [4.69, 9.17) is 28.8 Å². The van der Waals surface area contributed by atoms with Crippen LogP contribution in [0.15, 0.2) is 154 Å². The summed E-state index contributed by atoms with van der Waals surface area (Å²) < 4.78 is 12.8. The van der Waals surface area contributed by atoms with E-state index >= 15 is 0 Å². The van der Waals surface area contributed by atoms with Gasteiger partial charge in [-0.3, -0.25) is 0 Å². The van der Waals surface area contributed by atoms with Crippen LogP contribution in [0.3, 0.4) is 0 Å². The van der Waals surface area contributed by atoms with Crippen LogP contribution in [0, 0.1) is 0 Å². The van der Waals surface area contributed by atoms with Crippen LogP contribution in [0.5, 0.6) is 0 Å². The molecule has 0 saturated heterocycles. The minimum atomic E-state index is 0.580. The van der Waals surface area contributed by atoms with Crippen molar-refractivity contribution in [3.05, 3.63) is 146 Å². The number of hydrogen-bond acceptors (Lipinski definition) is 6. The fourth-order valence-corrected chi connectivity index (χ4v) is 5.96. The summed E-state index contributed by atoms with van der Waals surface area (Å²) in [5.74, 6) is 2.40. The van der Waals surface area contributed by atoms with E-state index in [1.54, 1.807) is 0 Å². The van der Waals surface area contributed by atoms with Gasteiger partial charge < -0.3 is 8.83 Å².